The first-order valence-corrected chi connectivity index (χ1v) is 9.06. The van der Waals surface area contributed by atoms with E-state index < -0.39 is 0 Å². The van der Waals surface area contributed by atoms with E-state index >= 15 is 0 Å². The monoisotopic (exact) mass is 357 g/mol. The van der Waals surface area contributed by atoms with E-state index in [1.165, 1.54) is 11.3 Å². The number of nitrogens with zero attached hydrogens (tertiary/aromatic N) is 4. The van der Waals surface area contributed by atoms with Crippen molar-refractivity contribution in [2.75, 3.05) is 18.5 Å². The van der Waals surface area contributed by atoms with Crippen LogP contribution in [0.4, 0.5) is 5.69 Å². The average Bonchev–Trinajstić information content (AvgIpc) is 3.35. The lowest BCUT2D eigenvalue weighted by molar-refractivity contribution is 0.0662. The van der Waals surface area contributed by atoms with Gasteiger partial charge >= 0.3 is 0 Å². The molecule has 1 amide bonds. The molecule has 8 heteroatoms. The number of carbonyl (C=O) groups excluding carboxylic acids is 1. The summed E-state index contributed by atoms with van der Waals surface area (Å²) in [4.78, 5) is 17.7. The predicted molar refractivity (Wildman–Crippen MR) is 95.4 cm³/mol. The Balaban J connectivity index is 1.48. The fraction of sp³-hybridized carbons (Fsp3) is 0.353. The Labute approximate surface area is 149 Å². The highest BCUT2D eigenvalue weighted by Crippen LogP contribution is 2.24. The van der Waals surface area contributed by atoms with Crippen LogP contribution in [0.5, 0.6) is 0 Å². The van der Waals surface area contributed by atoms with E-state index in [-0.39, 0.29) is 5.91 Å². The molecule has 1 aliphatic rings. The molecular formula is C17H19N5O2S. The zero-order valence-electron chi connectivity index (χ0n) is 13.9. The highest BCUT2D eigenvalue weighted by Gasteiger charge is 2.19. The van der Waals surface area contributed by atoms with Crippen LogP contribution in [0.3, 0.4) is 0 Å². The number of aryl methyl sites for hydroxylation is 1. The molecule has 0 spiro atoms. The molecule has 0 bridgehead atoms. The van der Waals surface area contributed by atoms with Crippen LogP contribution < -0.4 is 5.32 Å². The molecule has 1 aliphatic heterocycles. The summed E-state index contributed by atoms with van der Waals surface area (Å²) in [5.41, 5.74) is 1.43. The van der Waals surface area contributed by atoms with Crippen molar-refractivity contribution in [1.29, 1.82) is 0 Å². The molecule has 0 saturated carbocycles. The minimum absolute atomic E-state index is 0.153. The molecule has 0 radical (unpaired) electrons. The summed E-state index contributed by atoms with van der Waals surface area (Å²) < 4.78 is 9.20. The first-order chi connectivity index (χ1) is 12.2. The lowest BCUT2D eigenvalue weighted by Crippen LogP contribution is -2.19. The van der Waals surface area contributed by atoms with Gasteiger partial charge in [0.05, 0.1) is 23.6 Å². The molecule has 0 aromatic carbocycles. The van der Waals surface area contributed by atoms with E-state index in [9.17, 15) is 4.79 Å². The quantitative estimate of drug-likeness (QED) is 0.779. The van der Waals surface area contributed by atoms with Gasteiger partial charge in [-0.25, -0.2) is 4.98 Å². The third-order valence-electron chi connectivity index (χ3n) is 4.24. The maximum absolute atomic E-state index is 12.6. The molecule has 3 aromatic rings. The lowest BCUT2D eigenvalue weighted by atomic mass is 10.1. The van der Waals surface area contributed by atoms with Crippen LogP contribution in [-0.4, -0.2) is 38.5 Å². The van der Waals surface area contributed by atoms with Crippen molar-refractivity contribution < 1.29 is 9.53 Å². The molecule has 7 nitrogen and oxygen atoms in total. The van der Waals surface area contributed by atoms with Crippen molar-refractivity contribution in [3.05, 3.63) is 47.5 Å². The van der Waals surface area contributed by atoms with Crippen molar-refractivity contribution in [2.45, 2.75) is 25.8 Å². The second-order valence-electron chi connectivity index (χ2n) is 6.01. The highest BCUT2D eigenvalue weighted by molar-refractivity contribution is 7.16. The van der Waals surface area contributed by atoms with Gasteiger partial charge in [0.2, 0.25) is 0 Å². The van der Waals surface area contributed by atoms with Gasteiger partial charge in [-0.05, 0) is 31.9 Å². The Morgan fingerprint density at radius 3 is 2.84 bits per heavy atom. The number of carbonyl (C=O) groups is 1. The van der Waals surface area contributed by atoms with Gasteiger partial charge < -0.3 is 14.6 Å². The standard InChI is InChI=1S/C17H19N5O2S/c1-12-15(25-17(19-12)21-6-2-3-7-21)16(23)20-13-10-18-22(11-13)14-4-8-24-9-5-14/h2-3,6-7,10-11,14H,4-5,8-9H2,1H3,(H,20,23). The number of thiazole rings is 1. The van der Waals surface area contributed by atoms with Crippen molar-refractivity contribution in [3.63, 3.8) is 0 Å². The number of aromatic nitrogens is 4. The number of hydrogen-bond donors (Lipinski definition) is 1. The highest BCUT2D eigenvalue weighted by atomic mass is 32.1. The van der Waals surface area contributed by atoms with Gasteiger partial charge in [-0.3, -0.25) is 9.48 Å². The van der Waals surface area contributed by atoms with Gasteiger partial charge in [0.25, 0.3) is 5.91 Å². The van der Waals surface area contributed by atoms with Crippen molar-refractivity contribution in [2.24, 2.45) is 0 Å². The lowest BCUT2D eigenvalue weighted by Gasteiger charge is -2.22. The zero-order chi connectivity index (χ0) is 17.2. The van der Waals surface area contributed by atoms with E-state index in [4.69, 9.17) is 4.74 Å². The second kappa shape index (κ2) is 6.81. The molecule has 1 fully saturated rings. The third-order valence-corrected chi connectivity index (χ3v) is 5.41. The maximum Gasteiger partial charge on any atom is 0.267 e. The number of nitrogens with one attached hydrogen (secondary N) is 1. The van der Waals surface area contributed by atoms with Gasteiger partial charge in [0.1, 0.15) is 4.88 Å². The van der Waals surface area contributed by atoms with E-state index in [1.54, 1.807) is 6.20 Å². The van der Waals surface area contributed by atoms with Gasteiger partial charge in [0.15, 0.2) is 5.13 Å². The summed E-state index contributed by atoms with van der Waals surface area (Å²) in [5.74, 6) is -0.153. The molecule has 130 valence electrons. The molecule has 0 aliphatic carbocycles. The molecule has 4 heterocycles. The number of hydrogen-bond acceptors (Lipinski definition) is 5. The average molecular weight is 357 g/mol. The van der Waals surface area contributed by atoms with Gasteiger partial charge in [-0.2, -0.15) is 5.10 Å². The normalized spacial score (nSPS) is 15.4. The topological polar surface area (TPSA) is 74.0 Å². The van der Waals surface area contributed by atoms with Crippen molar-refractivity contribution in [1.82, 2.24) is 19.3 Å². The third kappa shape index (κ3) is 3.35. The molecule has 0 atom stereocenters. The SMILES string of the molecule is Cc1nc(-n2cccc2)sc1C(=O)Nc1cnn(C2CCOCC2)c1. The summed E-state index contributed by atoms with van der Waals surface area (Å²) in [5, 5.41) is 8.09. The molecule has 1 saturated heterocycles. The minimum Gasteiger partial charge on any atom is -0.381 e. The zero-order valence-corrected chi connectivity index (χ0v) is 14.7. The first kappa shape index (κ1) is 16.0. The van der Waals surface area contributed by atoms with Gasteiger partial charge in [0, 0.05) is 31.8 Å². The van der Waals surface area contributed by atoms with Crippen LogP contribution >= 0.6 is 11.3 Å². The molecule has 4 rings (SSSR count). The van der Waals surface area contributed by atoms with Crippen LogP contribution in [0.25, 0.3) is 5.13 Å². The Morgan fingerprint density at radius 2 is 2.08 bits per heavy atom. The maximum atomic E-state index is 12.6. The first-order valence-electron chi connectivity index (χ1n) is 8.25. The number of amides is 1. The fourth-order valence-corrected chi connectivity index (χ4v) is 3.83. The van der Waals surface area contributed by atoms with Crippen LogP contribution in [0, 0.1) is 6.92 Å². The molecule has 3 aromatic heterocycles. The smallest absolute Gasteiger partial charge is 0.267 e. The molecule has 1 N–H and O–H groups in total. The van der Waals surface area contributed by atoms with Crippen LogP contribution in [0.15, 0.2) is 36.9 Å². The van der Waals surface area contributed by atoms with E-state index in [0.29, 0.717) is 16.6 Å². The number of rotatable bonds is 4. The Kier molecular flexibility index (Phi) is 4.37. The minimum atomic E-state index is -0.153. The Hall–Kier alpha value is -2.45. The number of ether oxygens (including phenoxy) is 1. The summed E-state index contributed by atoms with van der Waals surface area (Å²) >= 11 is 1.38. The fourth-order valence-electron chi connectivity index (χ4n) is 2.91. The Bertz CT molecular complexity index is 862. The van der Waals surface area contributed by atoms with Crippen LogP contribution in [0.1, 0.15) is 34.2 Å². The van der Waals surface area contributed by atoms with E-state index in [2.05, 4.69) is 15.4 Å². The van der Waals surface area contributed by atoms with Gasteiger partial charge in [-0.15, -0.1) is 0 Å². The van der Waals surface area contributed by atoms with Crippen molar-refractivity contribution in [3.8, 4) is 5.13 Å². The number of anilines is 1. The van der Waals surface area contributed by atoms with Crippen LogP contribution in [0.2, 0.25) is 0 Å². The summed E-state index contributed by atoms with van der Waals surface area (Å²) in [6.45, 7) is 3.37. The van der Waals surface area contributed by atoms with Crippen molar-refractivity contribution >= 4 is 22.9 Å². The van der Waals surface area contributed by atoms with Gasteiger partial charge in [-0.1, -0.05) is 11.3 Å². The summed E-state index contributed by atoms with van der Waals surface area (Å²) in [7, 11) is 0. The molecule has 25 heavy (non-hydrogen) atoms. The van der Waals surface area contributed by atoms with E-state index in [0.717, 1.165) is 36.9 Å². The Morgan fingerprint density at radius 1 is 1.32 bits per heavy atom. The summed E-state index contributed by atoms with van der Waals surface area (Å²) in [6.07, 6.45) is 9.30. The molecule has 0 unspecified atom stereocenters. The van der Waals surface area contributed by atoms with E-state index in [1.807, 2.05) is 46.9 Å². The predicted octanol–water partition coefficient (Wildman–Crippen LogP) is 3.04. The summed E-state index contributed by atoms with van der Waals surface area (Å²) in [6, 6.07) is 4.20. The van der Waals surface area contributed by atoms with Crippen LogP contribution in [-0.2, 0) is 4.74 Å². The second-order valence-corrected chi connectivity index (χ2v) is 6.99. The largest absolute Gasteiger partial charge is 0.381 e. The molecular weight excluding hydrogens is 338 g/mol.